The number of Topliss-reactive ketones (excluding diaryl/α,β-unsaturated/α-hetero) is 1. The van der Waals surface area contributed by atoms with Gasteiger partial charge in [-0.2, -0.15) is 18.4 Å². The van der Waals surface area contributed by atoms with Gasteiger partial charge in [-0.15, -0.1) is 0 Å². The highest BCUT2D eigenvalue weighted by atomic mass is 32.1. The van der Waals surface area contributed by atoms with E-state index in [1.165, 1.54) is 6.07 Å². The SMILES string of the molecule is C=C/C(C)=C1C(=O)NC(c2cc(C3=CC(=S)C(CCc4ccc(C#N)c(C(F)(F)F)c4)C(=O)C34CCOC4)ccc2OCC)=C=C\C=C/1CC(=C)CCC. The number of hydrogen-bond acceptors (Lipinski definition) is 6. The minimum absolute atomic E-state index is 0.125. The maximum absolute atomic E-state index is 14.5. The molecule has 2 aromatic rings. The molecular weight excluding hydrogens is 710 g/mol. The van der Waals surface area contributed by atoms with Crippen LogP contribution >= 0.6 is 12.2 Å². The molecule has 54 heavy (non-hydrogen) atoms. The van der Waals surface area contributed by atoms with Crippen LogP contribution < -0.4 is 10.1 Å². The molecule has 6 nitrogen and oxygen atoms in total. The highest BCUT2D eigenvalue weighted by molar-refractivity contribution is 7.80. The van der Waals surface area contributed by atoms with E-state index in [1.807, 2.05) is 38.1 Å². The zero-order chi connectivity index (χ0) is 39.2. The van der Waals surface area contributed by atoms with Gasteiger partial charge in [0.1, 0.15) is 5.75 Å². The van der Waals surface area contributed by atoms with E-state index in [1.54, 1.807) is 24.3 Å². The molecule has 0 aromatic heterocycles. The topological polar surface area (TPSA) is 88.4 Å². The molecule has 1 N–H and O–H groups in total. The molecule has 280 valence electrons. The molecule has 10 heteroatoms. The van der Waals surface area contributed by atoms with E-state index >= 15 is 0 Å². The normalized spacial score (nSPS) is 22.0. The van der Waals surface area contributed by atoms with Crippen molar-refractivity contribution in [3.05, 3.63) is 130 Å². The van der Waals surface area contributed by atoms with Crippen molar-refractivity contribution >= 4 is 40.0 Å². The van der Waals surface area contributed by atoms with Crippen LogP contribution in [-0.2, 0) is 26.9 Å². The van der Waals surface area contributed by atoms with E-state index in [0.717, 1.165) is 36.1 Å². The van der Waals surface area contributed by atoms with Gasteiger partial charge in [0.15, 0.2) is 5.78 Å². The summed E-state index contributed by atoms with van der Waals surface area (Å²) >= 11 is 5.83. The summed E-state index contributed by atoms with van der Waals surface area (Å²) < 4.78 is 52.9. The average molecular weight is 753 g/mol. The Labute approximate surface area is 320 Å². The fraction of sp³-hybridized carbons (Fsp3) is 0.341. The first kappa shape index (κ1) is 40.1. The summed E-state index contributed by atoms with van der Waals surface area (Å²) in [5.74, 6) is -0.684. The number of allylic oxidation sites excluding steroid dienone is 6. The fourth-order valence-electron chi connectivity index (χ4n) is 7.35. The summed E-state index contributed by atoms with van der Waals surface area (Å²) in [6, 6.07) is 10.7. The minimum Gasteiger partial charge on any atom is -0.493 e. The van der Waals surface area contributed by atoms with Gasteiger partial charge in [0.25, 0.3) is 5.91 Å². The first-order valence-electron chi connectivity index (χ1n) is 18.0. The number of ether oxygens (including phenoxy) is 2. The second-order valence-corrected chi connectivity index (χ2v) is 14.2. The predicted molar refractivity (Wildman–Crippen MR) is 208 cm³/mol. The van der Waals surface area contributed by atoms with E-state index in [4.69, 9.17) is 21.7 Å². The zero-order valence-electron chi connectivity index (χ0n) is 30.8. The molecule has 1 aliphatic carbocycles. The molecule has 2 heterocycles. The summed E-state index contributed by atoms with van der Waals surface area (Å²) in [5.41, 5.74) is 6.45. The smallest absolute Gasteiger partial charge is 0.417 e. The lowest BCUT2D eigenvalue weighted by molar-refractivity contribution is -0.138. The standard InChI is InChI=1S/C44H43F3N2O4S/c1-6-10-27(4)21-31-11-9-12-37(49-42(51)40(31)28(5)7-2)34-23-30(16-18-38(34)53-8-3)35-24-39(54)33(41(50)43(35)19-20-52-26-43)17-14-29-13-15-32(25-48)36(22-29)44(45,46)47/h7,9,11,13,15-16,18,22-24,33H,2,4,6,8,10,14,17,19-21,26H2,1,3,5H3,(H,49,51)/b31-11-,40-28+. The largest absolute Gasteiger partial charge is 0.493 e. The van der Waals surface area contributed by atoms with Crippen molar-refractivity contribution in [1.29, 1.82) is 5.26 Å². The van der Waals surface area contributed by atoms with Crippen LogP contribution in [0.4, 0.5) is 13.2 Å². The molecule has 1 fully saturated rings. The Morgan fingerprint density at radius 1 is 1.22 bits per heavy atom. The molecule has 2 unspecified atom stereocenters. The van der Waals surface area contributed by atoms with Crippen molar-refractivity contribution < 1.29 is 32.2 Å². The number of nitrogens with zero attached hydrogens (tertiary/aromatic N) is 1. The lowest BCUT2D eigenvalue weighted by Gasteiger charge is -2.37. The molecule has 0 radical (unpaired) electrons. The Morgan fingerprint density at radius 2 is 2.00 bits per heavy atom. The first-order valence-corrected chi connectivity index (χ1v) is 18.4. The van der Waals surface area contributed by atoms with Crippen molar-refractivity contribution in [2.45, 2.75) is 65.5 Å². The molecule has 1 saturated heterocycles. The van der Waals surface area contributed by atoms with Crippen LogP contribution in [0.2, 0.25) is 0 Å². The van der Waals surface area contributed by atoms with Crippen LogP contribution in [0, 0.1) is 22.7 Å². The number of nitriles is 1. The molecule has 5 rings (SSSR count). The molecule has 2 atom stereocenters. The van der Waals surface area contributed by atoms with Crippen LogP contribution in [0.15, 0.2) is 102 Å². The van der Waals surface area contributed by atoms with E-state index in [9.17, 15) is 28.0 Å². The number of benzene rings is 2. The molecule has 1 amide bonds. The summed E-state index contributed by atoms with van der Waals surface area (Å²) in [4.78, 5) is 28.9. The maximum atomic E-state index is 14.5. The Hall–Kier alpha value is -5.07. The summed E-state index contributed by atoms with van der Waals surface area (Å²) in [7, 11) is 0. The third-order valence-electron chi connectivity index (χ3n) is 10.1. The number of nitrogens with one attached hydrogen (secondary N) is 1. The Kier molecular flexibility index (Phi) is 12.6. The van der Waals surface area contributed by atoms with Gasteiger partial charge in [0, 0.05) is 22.6 Å². The van der Waals surface area contributed by atoms with Crippen LogP contribution in [0.5, 0.6) is 5.75 Å². The quantitative estimate of drug-likeness (QED) is 0.101. The lowest BCUT2D eigenvalue weighted by Crippen LogP contribution is -2.44. The van der Waals surface area contributed by atoms with Crippen LogP contribution in [0.25, 0.3) is 11.3 Å². The van der Waals surface area contributed by atoms with Crippen molar-refractivity contribution in [1.82, 2.24) is 5.32 Å². The molecule has 0 bridgehead atoms. The monoisotopic (exact) mass is 752 g/mol. The second kappa shape index (κ2) is 16.9. The third-order valence-corrected chi connectivity index (χ3v) is 10.5. The van der Waals surface area contributed by atoms with Gasteiger partial charge in [0.05, 0.1) is 47.4 Å². The number of alkyl halides is 3. The summed E-state index contributed by atoms with van der Waals surface area (Å²) in [6.07, 6.45) is 5.50. The molecule has 2 aliphatic heterocycles. The van der Waals surface area contributed by atoms with Crippen molar-refractivity contribution in [2.75, 3.05) is 19.8 Å². The van der Waals surface area contributed by atoms with Crippen LogP contribution in [0.3, 0.4) is 0 Å². The summed E-state index contributed by atoms with van der Waals surface area (Å²) in [6.45, 7) is 14.7. The molecule has 2 aromatic carbocycles. The van der Waals surface area contributed by atoms with Gasteiger partial charge in [-0.1, -0.05) is 74.3 Å². The Morgan fingerprint density at radius 3 is 2.65 bits per heavy atom. The highest BCUT2D eigenvalue weighted by Crippen LogP contribution is 2.49. The summed E-state index contributed by atoms with van der Waals surface area (Å²) in [5, 5.41) is 12.3. The van der Waals surface area contributed by atoms with E-state index in [2.05, 4.69) is 31.1 Å². The van der Waals surface area contributed by atoms with Gasteiger partial charge in [-0.25, -0.2) is 0 Å². The molecule has 1 spiro atoms. The van der Waals surface area contributed by atoms with Gasteiger partial charge in [0.2, 0.25) is 0 Å². The van der Waals surface area contributed by atoms with Crippen molar-refractivity contribution in [2.24, 2.45) is 11.3 Å². The van der Waals surface area contributed by atoms with Gasteiger partial charge in [-0.3, -0.25) is 9.59 Å². The number of ketones is 1. The van der Waals surface area contributed by atoms with Crippen LogP contribution in [-0.4, -0.2) is 36.4 Å². The number of thiocarbonyl (C=S) groups is 1. The molecule has 0 saturated carbocycles. The third kappa shape index (κ3) is 8.34. The van der Waals surface area contributed by atoms with Crippen molar-refractivity contribution in [3.8, 4) is 11.8 Å². The van der Waals surface area contributed by atoms with Gasteiger partial charge < -0.3 is 14.8 Å². The number of amides is 1. The first-order chi connectivity index (χ1) is 25.8. The van der Waals surface area contributed by atoms with E-state index < -0.39 is 28.6 Å². The van der Waals surface area contributed by atoms with Crippen molar-refractivity contribution in [3.63, 3.8) is 0 Å². The number of rotatable bonds is 12. The average Bonchev–Trinajstić information content (AvgIpc) is 3.62. The molecular formula is C44H43F3N2O4S. The number of carbonyl (C=O) groups excluding carboxylic acids is 2. The second-order valence-electron chi connectivity index (χ2n) is 13.7. The number of carbonyl (C=O) groups is 2. The minimum atomic E-state index is -4.69. The molecule has 3 aliphatic rings. The van der Waals surface area contributed by atoms with E-state index in [0.29, 0.717) is 75.8 Å². The van der Waals surface area contributed by atoms with E-state index in [-0.39, 0.29) is 31.1 Å². The Balaban J connectivity index is 1.54. The number of hydrogen-bond donors (Lipinski definition) is 1. The fourth-order valence-corrected chi connectivity index (χ4v) is 7.69. The number of halogens is 3. The highest BCUT2D eigenvalue weighted by Gasteiger charge is 2.51. The number of aryl methyl sites for hydroxylation is 1. The van der Waals surface area contributed by atoms with Gasteiger partial charge in [-0.05, 0) is 110 Å². The van der Waals surface area contributed by atoms with Gasteiger partial charge >= 0.3 is 6.18 Å². The predicted octanol–water partition coefficient (Wildman–Crippen LogP) is 9.77. The van der Waals surface area contributed by atoms with Crippen LogP contribution in [0.1, 0.15) is 80.7 Å². The Bertz CT molecular complexity index is 2100. The lowest BCUT2D eigenvalue weighted by atomic mass is 9.64. The maximum Gasteiger partial charge on any atom is 0.417 e. The zero-order valence-corrected chi connectivity index (χ0v) is 31.6.